The molecule has 3 heterocycles. The number of rotatable bonds is 20. The number of ketones is 2. The molecular formula is C72H90F3N3O9S. The van der Waals surface area contributed by atoms with Crippen LogP contribution in [0.15, 0.2) is 164 Å². The molecule has 3 aliphatic rings. The van der Waals surface area contributed by atoms with E-state index in [1.807, 2.05) is 110 Å². The third-order valence-electron chi connectivity index (χ3n) is 19.6. The van der Waals surface area contributed by atoms with Crippen molar-refractivity contribution in [3.05, 3.63) is 197 Å². The normalized spacial score (nSPS) is 23.8. The van der Waals surface area contributed by atoms with Gasteiger partial charge in [-0.1, -0.05) is 169 Å². The summed E-state index contributed by atoms with van der Waals surface area (Å²) in [4.78, 5) is 43.3. The Morgan fingerprint density at radius 2 is 0.830 bits per heavy atom. The molecule has 3 N–H and O–H groups in total. The molecule has 0 saturated carbocycles. The van der Waals surface area contributed by atoms with Crippen molar-refractivity contribution < 1.29 is 55.5 Å². The maximum atomic E-state index is 12.7. The molecule has 16 heteroatoms. The van der Waals surface area contributed by atoms with E-state index < -0.39 is 27.5 Å². The predicted octanol–water partition coefficient (Wildman–Crippen LogP) is 13.3. The van der Waals surface area contributed by atoms with Crippen LogP contribution in [-0.2, 0) is 60.0 Å². The van der Waals surface area contributed by atoms with Crippen molar-refractivity contribution in [1.82, 2.24) is 14.7 Å². The molecule has 3 saturated heterocycles. The van der Waals surface area contributed by atoms with Crippen molar-refractivity contribution in [3.63, 3.8) is 0 Å². The van der Waals surface area contributed by atoms with Crippen molar-refractivity contribution in [3.8, 4) is 17.2 Å². The number of carboxylic acids is 1. The van der Waals surface area contributed by atoms with Gasteiger partial charge in [0, 0.05) is 51.1 Å². The van der Waals surface area contributed by atoms with Crippen LogP contribution in [0, 0.1) is 35.5 Å². The zero-order valence-corrected chi connectivity index (χ0v) is 53.2. The molecule has 0 aromatic heterocycles. The third kappa shape index (κ3) is 18.2. The first-order valence-electron chi connectivity index (χ1n) is 30.8. The first-order valence-corrected chi connectivity index (χ1v) is 32.2. The van der Waals surface area contributed by atoms with Crippen molar-refractivity contribution in [2.24, 2.45) is 35.5 Å². The fraction of sp³-hybridized carbons (Fsp3) is 0.458. The summed E-state index contributed by atoms with van der Waals surface area (Å²) in [5, 5.41) is 29.4. The van der Waals surface area contributed by atoms with E-state index in [0.29, 0.717) is 68.8 Å². The third-order valence-corrected chi connectivity index (χ3v) is 20.6. The molecule has 88 heavy (non-hydrogen) atoms. The van der Waals surface area contributed by atoms with Crippen molar-refractivity contribution in [1.29, 1.82) is 0 Å². The van der Waals surface area contributed by atoms with Crippen LogP contribution >= 0.6 is 0 Å². The molecule has 6 aromatic rings. The standard InChI is InChI=1S/C25H30F3NO4S.C24H31NO2.C23H29NO3/c1-18-16-29(17-21(19(2)30)14-20-8-5-4-6-9-20)13-12-24(18,3)22-10-7-11-23(15-22)33-34(31,32)25(26,27)28;1-18-16-25(13-12-24(18,3)22-10-7-11-23(27)15-22)17-21(19(2)26)14-20-8-5-4-6-9-20;1-17-15-24(12-11-23(17,2)20-9-6-10-21(25)14-20)16-19(22(26)27)13-18-7-4-3-5-8-18/h4-11,15,18,21H,12-14,16-17H2,1-3H3;4-11,15,18,21,27H,12-14,16-17H2,1-3H3;3-10,14,17,19,25H,11-13,15-16H2,1-2H3,(H,26,27)/t2*18-,21-,24+;17-,19-,23+/m000/s1. The van der Waals surface area contributed by atoms with E-state index in [1.54, 1.807) is 32.0 Å². The van der Waals surface area contributed by atoms with Crippen LogP contribution in [0.5, 0.6) is 17.2 Å². The van der Waals surface area contributed by atoms with Gasteiger partial charge in [-0.25, -0.2) is 0 Å². The summed E-state index contributed by atoms with van der Waals surface area (Å²) in [7, 11) is -5.73. The lowest BCUT2D eigenvalue weighted by Gasteiger charge is -2.45. The smallest absolute Gasteiger partial charge is 0.508 e. The second-order valence-corrected chi connectivity index (χ2v) is 27.4. The number of carbonyl (C=O) groups is 3. The number of nitrogens with zero attached hydrogens (tertiary/aromatic N) is 3. The van der Waals surface area contributed by atoms with Gasteiger partial charge in [-0.15, -0.1) is 0 Å². The van der Waals surface area contributed by atoms with Gasteiger partial charge in [-0.05, 0) is 176 Å². The number of halogens is 3. The number of Topliss-reactive ketones (excluding diaryl/α,β-unsaturated/α-hetero) is 2. The molecule has 3 aliphatic heterocycles. The van der Waals surface area contributed by atoms with Gasteiger partial charge in [-0.3, -0.25) is 14.4 Å². The van der Waals surface area contributed by atoms with E-state index in [1.165, 1.54) is 29.3 Å². The van der Waals surface area contributed by atoms with Gasteiger partial charge >= 0.3 is 21.6 Å². The summed E-state index contributed by atoms with van der Waals surface area (Å²) in [6, 6.07) is 51.1. The molecule has 0 aliphatic carbocycles. The first-order chi connectivity index (χ1) is 41.6. The molecule has 3 fully saturated rings. The number of hydrogen-bond acceptors (Lipinski definition) is 11. The Morgan fingerprint density at radius 3 is 1.14 bits per heavy atom. The Kier molecular flexibility index (Phi) is 23.5. The number of hydrogen-bond donors (Lipinski definition) is 3. The highest BCUT2D eigenvalue weighted by Crippen LogP contribution is 2.44. The average Bonchev–Trinajstić information content (AvgIpc) is 1.26. The summed E-state index contributed by atoms with van der Waals surface area (Å²) in [6.45, 7) is 23.6. The van der Waals surface area contributed by atoms with Gasteiger partial charge in [0.25, 0.3) is 0 Å². The minimum absolute atomic E-state index is 0.00656. The number of likely N-dealkylation sites (tertiary alicyclic amines) is 3. The Morgan fingerprint density at radius 1 is 0.511 bits per heavy atom. The van der Waals surface area contributed by atoms with E-state index in [9.17, 15) is 51.3 Å². The van der Waals surface area contributed by atoms with Crippen molar-refractivity contribution in [2.75, 3.05) is 58.9 Å². The summed E-state index contributed by atoms with van der Waals surface area (Å²) in [5.41, 5.74) is 0.683. The lowest BCUT2D eigenvalue weighted by molar-refractivity contribution is -0.142. The molecule has 0 bridgehead atoms. The molecule has 9 rings (SSSR count). The minimum Gasteiger partial charge on any atom is -0.508 e. The van der Waals surface area contributed by atoms with E-state index in [4.69, 9.17) is 0 Å². The van der Waals surface area contributed by atoms with Crippen LogP contribution in [0.2, 0.25) is 0 Å². The number of carboxylic acid groups (broad SMARTS) is 1. The summed E-state index contributed by atoms with van der Waals surface area (Å²) >= 11 is 0. The molecule has 0 spiro atoms. The molecule has 12 nitrogen and oxygen atoms in total. The van der Waals surface area contributed by atoms with Gasteiger partial charge in [-0.2, -0.15) is 21.6 Å². The number of carbonyl (C=O) groups excluding carboxylic acids is 2. The first kappa shape index (κ1) is 68.6. The van der Waals surface area contributed by atoms with Crippen LogP contribution in [0.4, 0.5) is 13.2 Å². The van der Waals surface area contributed by atoms with E-state index in [0.717, 1.165) is 74.2 Å². The minimum atomic E-state index is -5.73. The SMILES string of the molecule is CC(=O)[C@@H](Cc1ccccc1)CN1CC[C@@](C)(c2cccc(O)c2)[C@@H](C)C1.CC(=O)[C@@H](Cc1ccccc1)CN1CC[C@@](C)(c2cccc(OS(=O)(=O)C(F)(F)F)c2)[C@@H](C)C1.C[C@H]1CN(C[C@H](Cc2ccccc2)C(=O)O)CC[C@@]1(C)c1cccc(O)c1. The zero-order valence-electron chi connectivity index (χ0n) is 52.3. The van der Waals surface area contributed by atoms with Gasteiger partial charge < -0.3 is 34.2 Å². The number of aliphatic carboxylic acids is 1. The molecular weight excluding hydrogens is 1140 g/mol. The zero-order chi connectivity index (χ0) is 64.0. The van der Waals surface area contributed by atoms with Gasteiger partial charge in [0.2, 0.25) is 0 Å². The highest BCUT2D eigenvalue weighted by atomic mass is 32.2. The Bertz CT molecular complexity index is 3220. The molecule has 474 valence electrons. The topological polar surface area (TPSA) is 165 Å². The largest absolute Gasteiger partial charge is 0.534 e. The second-order valence-electron chi connectivity index (χ2n) is 25.8. The molecule has 9 atom stereocenters. The lowest BCUT2D eigenvalue weighted by Crippen LogP contribution is -2.49. The van der Waals surface area contributed by atoms with Gasteiger partial charge in [0.15, 0.2) is 0 Å². The van der Waals surface area contributed by atoms with E-state index >= 15 is 0 Å². The van der Waals surface area contributed by atoms with Crippen molar-refractivity contribution >= 4 is 27.7 Å². The van der Waals surface area contributed by atoms with Crippen molar-refractivity contribution in [2.45, 2.75) is 116 Å². The molecule has 0 amide bonds. The Hall–Kier alpha value is -6.85. The fourth-order valence-electron chi connectivity index (χ4n) is 13.1. The Balaban J connectivity index is 0.000000190. The summed E-state index contributed by atoms with van der Waals surface area (Å²) in [5.74, 6) is 0.431. The molecule has 0 radical (unpaired) electrons. The van der Waals surface area contributed by atoms with Crippen LogP contribution < -0.4 is 4.18 Å². The van der Waals surface area contributed by atoms with Crippen LogP contribution in [0.1, 0.15) is 108 Å². The predicted molar refractivity (Wildman–Crippen MR) is 341 cm³/mol. The highest BCUT2D eigenvalue weighted by molar-refractivity contribution is 7.88. The number of piperidine rings is 3. The van der Waals surface area contributed by atoms with E-state index in [2.05, 4.69) is 77.8 Å². The fourth-order valence-corrected chi connectivity index (χ4v) is 13.5. The van der Waals surface area contributed by atoms with Gasteiger partial charge in [0.1, 0.15) is 28.8 Å². The monoisotopic (exact) mass is 1230 g/mol. The summed E-state index contributed by atoms with van der Waals surface area (Å²) < 4.78 is 65.3. The molecule has 0 unspecified atom stereocenters. The number of phenols is 2. The van der Waals surface area contributed by atoms with E-state index in [-0.39, 0.29) is 51.3 Å². The second kappa shape index (κ2) is 30.1. The molecule has 6 aromatic carbocycles. The van der Waals surface area contributed by atoms with Gasteiger partial charge in [0.05, 0.1) is 5.92 Å². The number of phenolic OH excluding ortho intramolecular Hbond substituents is 2. The maximum absolute atomic E-state index is 12.7. The summed E-state index contributed by atoms with van der Waals surface area (Å²) in [6.07, 6.45) is 4.74. The maximum Gasteiger partial charge on any atom is 0.534 e. The number of benzene rings is 6. The lowest BCUT2D eigenvalue weighted by atomic mass is 9.68. The van der Waals surface area contributed by atoms with Crippen LogP contribution in [-0.4, -0.2) is 120 Å². The average molecular weight is 1230 g/mol. The van der Waals surface area contributed by atoms with Crippen LogP contribution in [0.25, 0.3) is 0 Å². The highest BCUT2D eigenvalue weighted by Gasteiger charge is 2.49. The van der Waals surface area contributed by atoms with Crippen LogP contribution in [0.3, 0.4) is 0 Å². The Labute approximate surface area is 519 Å². The number of aromatic hydroxyl groups is 2. The quantitative estimate of drug-likeness (QED) is 0.0490. The number of alkyl halides is 3.